The molecule has 0 aliphatic carbocycles. The number of nitrogens with zero attached hydrogens (tertiary/aromatic N) is 6. The van der Waals surface area contributed by atoms with Gasteiger partial charge in [0.25, 0.3) is 5.62 Å². The molecule has 0 saturated carbocycles. The predicted octanol–water partition coefficient (Wildman–Crippen LogP) is 6.21. The van der Waals surface area contributed by atoms with Crippen LogP contribution in [-0.2, 0) is 11.3 Å². The molecule has 0 bridgehead atoms. The maximum atomic E-state index is 15.2. The van der Waals surface area contributed by atoms with Crippen molar-refractivity contribution in [2.24, 2.45) is 4.99 Å². The maximum absolute atomic E-state index is 15.2. The Morgan fingerprint density at radius 1 is 1.02 bits per heavy atom. The fourth-order valence-electron chi connectivity index (χ4n) is 5.19. The van der Waals surface area contributed by atoms with Gasteiger partial charge in [0.15, 0.2) is 5.82 Å². The highest BCUT2D eigenvalue weighted by molar-refractivity contribution is 6.36. The van der Waals surface area contributed by atoms with Gasteiger partial charge in [-0.25, -0.2) is 19.2 Å². The molecule has 218 valence electrons. The van der Waals surface area contributed by atoms with Crippen molar-refractivity contribution in [3.8, 4) is 22.5 Å². The number of hydrogen-bond donors (Lipinski definition) is 1. The Morgan fingerprint density at radius 2 is 1.81 bits per heavy atom. The van der Waals surface area contributed by atoms with E-state index in [9.17, 15) is 4.79 Å². The molecule has 0 unspecified atom stereocenters. The highest BCUT2D eigenvalue weighted by Crippen LogP contribution is 2.40. The number of aromatic nitrogens is 3. The van der Waals surface area contributed by atoms with Gasteiger partial charge in [0.1, 0.15) is 22.9 Å². The normalized spacial score (nSPS) is 15.6. The quantitative estimate of drug-likeness (QED) is 0.297. The second kappa shape index (κ2) is 11.1. The first-order chi connectivity index (χ1) is 20.1. The zero-order chi connectivity index (χ0) is 29.6. The van der Waals surface area contributed by atoms with E-state index in [2.05, 4.69) is 24.8 Å². The summed E-state index contributed by atoms with van der Waals surface area (Å²) in [5.74, 6) is 1.11. The summed E-state index contributed by atoms with van der Waals surface area (Å²) < 4.78 is 22.8. The standard InChI is InChI=1S/C30H30Cl2FN7O2/c1-30(2,3)42-29(41)39-12-10-38(11-13-39)20-5-7-25(24(33)16-20)36-28-35-17-18-14-22(21-6-4-19(31)15-23(21)32)27-34-8-9-40(27)26(18)37-28/h4-7,14-17,34H,8-13H2,1-3H3. The first-order valence-corrected chi connectivity index (χ1v) is 14.5. The molecule has 6 rings (SSSR count). The molecule has 0 atom stereocenters. The average molecular weight is 611 g/mol. The summed E-state index contributed by atoms with van der Waals surface area (Å²) in [5.41, 5.74) is 3.07. The van der Waals surface area contributed by atoms with Crippen molar-refractivity contribution in [1.82, 2.24) is 19.4 Å². The first kappa shape index (κ1) is 28.2. The number of halogens is 3. The lowest BCUT2D eigenvalue weighted by Crippen LogP contribution is -2.50. The van der Waals surface area contributed by atoms with Crippen LogP contribution in [0, 0.1) is 5.82 Å². The number of anilines is 2. The molecule has 4 aliphatic heterocycles. The van der Waals surface area contributed by atoms with E-state index in [-0.39, 0.29) is 17.4 Å². The van der Waals surface area contributed by atoms with Crippen molar-refractivity contribution in [3.63, 3.8) is 0 Å². The van der Waals surface area contributed by atoms with E-state index in [0.717, 1.165) is 34.7 Å². The Kier molecular flexibility index (Phi) is 7.44. The summed E-state index contributed by atoms with van der Waals surface area (Å²) in [5, 5.41) is 4.54. The van der Waals surface area contributed by atoms with Crippen molar-refractivity contribution in [3.05, 3.63) is 70.1 Å². The summed E-state index contributed by atoms with van der Waals surface area (Å²) in [4.78, 5) is 29.6. The lowest BCUT2D eigenvalue weighted by atomic mass is 10.0. The number of carbonyl (C=O) groups is 1. The number of benzene rings is 2. The molecule has 1 saturated heterocycles. The molecule has 1 N–H and O–H groups in total. The number of piperazine rings is 1. The fourth-order valence-corrected chi connectivity index (χ4v) is 5.70. The molecule has 0 radical (unpaired) electrons. The molecule has 4 heterocycles. The highest BCUT2D eigenvalue weighted by atomic mass is 35.5. The predicted molar refractivity (Wildman–Crippen MR) is 162 cm³/mol. The number of carbonyl (C=O) groups excluding carboxylic acids is 1. The molecule has 42 heavy (non-hydrogen) atoms. The lowest BCUT2D eigenvalue weighted by Gasteiger charge is -2.36. The van der Waals surface area contributed by atoms with Gasteiger partial charge in [0.05, 0.1) is 5.02 Å². The first-order valence-electron chi connectivity index (χ1n) is 13.7. The Balaban J connectivity index is 1.25. The maximum Gasteiger partial charge on any atom is 0.410 e. The van der Waals surface area contributed by atoms with Crippen LogP contribution in [0.3, 0.4) is 0 Å². The number of rotatable bonds is 3. The SMILES string of the molecule is CC(C)(C)OC(=O)N1CCN(c2ccc(N=c3ncc4cc(-c5ccc(Cl)cc5Cl)c5n(c-4n3)CCN5)c(F)c2)CC1. The van der Waals surface area contributed by atoms with Gasteiger partial charge in [0, 0.05) is 72.9 Å². The van der Waals surface area contributed by atoms with Gasteiger partial charge in [-0.2, -0.15) is 4.98 Å². The minimum Gasteiger partial charge on any atom is -0.444 e. The minimum atomic E-state index is -0.546. The Bertz CT molecular complexity index is 1710. The van der Waals surface area contributed by atoms with Crippen LogP contribution < -0.4 is 15.8 Å². The summed E-state index contributed by atoms with van der Waals surface area (Å²) >= 11 is 12.6. The van der Waals surface area contributed by atoms with Gasteiger partial charge in [-0.3, -0.25) is 0 Å². The molecule has 4 aliphatic rings. The van der Waals surface area contributed by atoms with Crippen molar-refractivity contribution >= 4 is 46.5 Å². The van der Waals surface area contributed by atoms with Crippen LogP contribution in [0.2, 0.25) is 10.0 Å². The second-order valence-electron chi connectivity index (χ2n) is 11.3. The number of pyridine rings is 1. The van der Waals surface area contributed by atoms with Gasteiger partial charge in [-0.1, -0.05) is 29.3 Å². The van der Waals surface area contributed by atoms with Gasteiger partial charge in [-0.05, 0) is 57.2 Å². The number of amides is 1. The number of nitrogens with one attached hydrogen (secondary N) is 1. The van der Waals surface area contributed by atoms with Gasteiger partial charge in [-0.15, -0.1) is 0 Å². The van der Waals surface area contributed by atoms with Crippen molar-refractivity contribution in [2.75, 3.05) is 42.9 Å². The second-order valence-corrected chi connectivity index (χ2v) is 12.1. The van der Waals surface area contributed by atoms with Crippen molar-refractivity contribution < 1.29 is 13.9 Å². The number of fused-ring (bicyclic) bond motifs is 3. The van der Waals surface area contributed by atoms with Gasteiger partial charge < -0.3 is 24.4 Å². The van der Waals surface area contributed by atoms with E-state index < -0.39 is 11.4 Å². The van der Waals surface area contributed by atoms with E-state index in [1.54, 1.807) is 29.3 Å². The summed E-state index contributed by atoms with van der Waals surface area (Å²) in [6, 6.07) is 12.3. The van der Waals surface area contributed by atoms with E-state index in [4.69, 9.17) is 27.9 Å². The van der Waals surface area contributed by atoms with E-state index in [1.807, 2.05) is 43.9 Å². The number of hydrogen-bond acceptors (Lipinski definition) is 7. The van der Waals surface area contributed by atoms with Crippen LogP contribution in [0.25, 0.3) is 22.5 Å². The van der Waals surface area contributed by atoms with Crippen molar-refractivity contribution in [2.45, 2.75) is 32.9 Å². The molecular formula is C30H30Cl2FN7O2. The topological polar surface area (TPSA) is 87.9 Å². The summed E-state index contributed by atoms with van der Waals surface area (Å²) in [7, 11) is 0. The van der Waals surface area contributed by atoms with Crippen LogP contribution in [0.15, 0.2) is 53.7 Å². The molecule has 1 amide bonds. The average Bonchev–Trinajstić information content (AvgIpc) is 3.44. The van der Waals surface area contributed by atoms with Crippen LogP contribution in [0.4, 0.5) is 26.4 Å². The summed E-state index contributed by atoms with van der Waals surface area (Å²) in [6.45, 7) is 9.10. The van der Waals surface area contributed by atoms with Crippen molar-refractivity contribution in [1.29, 1.82) is 0 Å². The zero-order valence-electron chi connectivity index (χ0n) is 23.5. The Hall–Kier alpha value is -3.89. The van der Waals surface area contributed by atoms with Crippen LogP contribution in [-0.4, -0.2) is 63.9 Å². The van der Waals surface area contributed by atoms with E-state index in [1.165, 1.54) is 6.07 Å². The van der Waals surface area contributed by atoms with Crippen LogP contribution in [0.5, 0.6) is 0 Å². The lowest BCUT2D eigenvalue weighted by molar-refractivity contribution is 0.0240. The third-order valence-corrected chi connectivity index (χ3v) is 7.71. The molecule has 0 spiro atoms. The van der Waals surface area contributed by atoms with Crippen LogP contribution in [0.1, 0.15) is 20.8 Å². The number of ether oxygens (including phenoxy) is 1. The monoisotopic (exact) mass is 609 g/mol. The molecule has 2 aromatic carbocycles. The van der Waals surface area contributed by atoms with Crippen LogP contribution >= 0.6 is 23.2 Å². The molecule has 0 aromatic heterocycles. The molecule has 9 nitrogen and oxygen atoms in total. The highest BCUT2D eigenvalue weighted by Gasteiger charge is 2.27. The molecular weight excluding hydrogens is 580 g/mol. The largest absolute Gasteiger partial charge is 0.444 e. The Labute approximate surface area is 252 Å². The molecule has 2 aromatic rings. The zero-order valence-corrected chi connectivity index (χ0v) is 25.0. The fraction of sp³-hybridized carbons (Fsp3) is 0.333. The minimum absolute atomic E-state index is 0.148. The molecule has 12 heteroatoms. The summed E-state index contributed by atoms with van der Waals surface area (Å²) in [6.07, 6.45) is 1.36. The third-order valence-electron chi connectivity index (χ3n) is 7.16. The Morgan fingerprint density at radius 3 is 2.52 bits per heavy atom. The van der Waals surface area contributed by atoms with Gasteiger partial charge in [0.2, 0.25) is 0 Å². The smallest absolute Gasteiger partial charge is 0.410 e. The third kappa shape index (κ3) is 5.73. The van der Waals surface area contributed by atoms with Gasteiger partial charge >= 0.3 is 6.09 Å². The molecule has 1 fully saturated rings. The van der Waals surface area contributed by atoms with E-state index in [0.29, 0.717) is 48.6 Å². The van der Waals surface area contributed by atoms with E-state index >= 15 is 4.39 Å².